The molecular formula is C18H22N6O. The third kappa shape index (κ3) is 3.63. The molecule has 7 heteroatoms. The van der Waals surface area contributed by atoms with Gasteiger partial charge in [0.15, 0.2) is 5.82 Å². The molecule has 0 aromatic carbocycles. The molecule has 0 fully saturated rings. The molecule has 0 aliphatic carbocycles. The summed E-state index contributed by atoms with van der Waals surface area (Å²) in [5, 5.41) is 8.38. The number of pyridine rings is 1. The molecule has 1 aliphatic rings. The fourth-order valence-electron chi connectivity index (χ4n) is 2.84. The van der Waals surface area contributed by atoms with Crippen LogP contribution in [-0.4, -0.2) is 55.2 Å². The van der Waals surface area contributed by atoms with Crippen molar-refractivity contribution < 1.29 is 4.79 Å². The van der Waals surface area contributed by atoms with Crippen LogP contribution in [0.15, 0.2) is 18.2 Å². The first-order valence-corrected chi connectivity index (χ1v) is 8.54. The third-order valence-electron chi connectivity index (χ3n) is 4.25. The molecule has 0 bridgehead atoms. The van der Waals surface area contributed by atoms with Gasteiger partial charge in [0, 0.05) is 31.9 Å². The molecule has 1 aliphatic heterocycles. The van der Waals surface area contributed by atoms with E-state index >= 15 is 0 Å². The zero-order valence-electron chi connectivity index (χ0n) is 14.9. The van der Waals surface area contributed by atoms with Crippen molar-refractivity contribution in [3.8, 4) is 11.8 Å². The largest absolute Gasteiger partial charge is 0.325 e. The summed E-state index contributed by atoms with van der Waals surface area (Å²) in [5.74, 6) is 7.47. The maximum absolute atomic E-state index is 12.5. The van der Waals surface area contributed by atoms with Crippen LogP contribution in [0.4, 0.5) is 4.79 Å². The second-order valence-electron chi connectivity index (χ2n) is 5.88. The lowest BCUT2D eigenvalue weighted by molar-refractivity contribution is 0.143. The Hall–Kier alpha value is -2.88. The Bertz CT molecular complexity index is 828. The molecule has 3 heterocycles. The molecule has 25 heavy (non-hydrogen) atoms. The van der Waals surface area contributed by atoms with Crippen LogP contribution in [0.3, 0.4) is 0 Å². The average molecular weight is 338 g/mol. The van der Waals surface area contributed by atoms with Crippen LogP contribution in [-0.2, 0) is 13.1 Å². The molecule has 0 N–H and O–H groups in total. The second-order valence-corrected chi connectivity index (χ2v) is 5.88. The highest BCUT2D eigenvalue weighted by Gasteiger charge is 2.26. The number of hydrogen-bond acceptors (Lipinski definition) is 4. The van der Waals surface area contributed by atoms with Gasteiger partial charge in [0.25, 0.3) is 0 Å². The van der Waals surface area contributed by atoms with Crippen LogP contribution in [0.25, 0.3) is 0 Å². The Kier molecular flexibility index (Phi) is 4.98. The lowest BCUT2D eigenvalue weighted by Crippen LogP contribution is -2.46. The first-order chi connectivity index (χ1) is 12.1. The first kappa shape index (κ1) is 17.0. The van der Waals surface area contributed by atoms with Crippen molar-refractivity contribution in [3.05, 3.63) is 41.2 Å². The second kappa shape index (κ2) is 7.34. The monoisotopic (exact) mass is 338 g/mol. The van der Waals surface area contributed by atoms with Gasteiger partial charge < -0.3 is 14.4 Å². The summed E-state index contributed by atoms with van der Waals surface area (Å²) in [6.07, 6.45) is 0. The maximum Gasteiger partial charge on any atom is 0.320 e. The number of carbonyl (C=O) groups excluding carboxylic acids is 1. The van der Waals surface area contributed by atoms with E-state index in [0.717, 1.165) is 11.5 Å². The Morgan fingerprint density at radius 2 is 2.00 bits per heavy atom. The fraction of sp³-hybridized carbons (Fsp3) is 0.444. The highest BCUT2D eigenvalue weighted by molar-refractivity contribution is 5.74. The Labute approximate surface area is 147 Å². The van der Waals surface area contributed by atoms with Gasteiger partial charge in [0.1, 0.15) is 5.69 Å². The molecule has 2 aromatic heterocycles. The van der Waals surface area contributed by atoms with Gasteiger partial charge in [-0.25, -0.2) is 9.78 Å². The summed E-state index contributed by atoms with van der Waals surface area (Å²) in [7, 11) is 0. The van der Waals surface area contributed by atoms with Crippen LogP contribution in [0, 0.1) is 18.8 Å². The van der Waals surface area contributed by atoms with Gasteiger partial charge in [0.2, 0.25) is 5.82 Å². The highest BCUT2D eigenvalue weighted by Crippen LogP contribution is 2.14. The van der Waals surface area contributed by atoms with E-state index in [9.17, 15) is 4.79 Å². The van der Waals surface area contributed by atoms with Crippen molar-refractivity contribution in [1.82, 2.24) is 29.5 Å². The number of aromatic nitrogens is 4. The summed E-state index contributed by atoms with van der Waals surface area (Å²) >= 11 is 0. The van der Waals surface area contributed by atoms with Gasteiger partial charge in [-0.15, -0.1) is 10.2 Å². The normalized spacial score (nSPS) is 13.0. The topological polar surface area (TPSA) is 67.2 Å². The number of carbonyl (C=O) groups is 1. The van der Waals surface area contributed by atoms with Crippen molar-refractivity contribution in [3.63, 3.8) is 0 Å². The van der Waals surface area contributed by atoms with Crippen molar-refractivity contribution in [1.29, 1.82) is 0 Å². The van der Waals surface area contributed by atoms with Gasteiger partial charge in [-0.2, -0.15) is 0 Å². The van der Waals surface area contributed by atoms with Gasteiger partial charge in [0.05, 0.1) is 6.54 Å². The molecule has 0 unspecified atom stereocenters. The highest BCUT2D eigenvalue weighted by atomic mass is 16.2. The molecule has 0 atom stereocenters. The summed E-state index contributed by atoms with van der Waals surface area (Å²) < 4.78 is 1.98. The van der Waals surface area contributed by atoms with Gasteiger partial charge in [-0.3, -0.25) is 0 Å². The Morgan fingerprint density at radius 3 is 2.72 bits per heavy atom. The quantitative estimate of drug-likeness (QED) is 0.781. The molecule has 130 valence electrons. The van der Waals surface area contributed by atoms with E-state index in [-0.39, 0.29) is 6.03 Å². The Morgan fingerprint density at radius 1 is 1.20 bits per heavy atom. The van der Waals surface area contributed by atoms with E-state index in [1.54, 1.807) is 0 Å². The predicted molar refractivity (Wildman–Crippen MR) is 93.7 cm³/mol. The zero-order valence-corrected chi connectivity index (χ0v) is 14.9. The Balaban J connectivity index is 1.76. The molecule has 2 aromatic rings. The van der Waals surface area contributed by atoms with Crippen molar-refractivity contribution in [2.75, 3.05) is 19.6 Å². The number of amides is 2. The van der Waals surface area contributed by atoms with E-state index < -0.39 is 0 Å². The number of fused-ring (bicyclic) bond motifs is 1. The number of nitrogens with zero attached hydrogens (tertiary/aromatic N) is 6. The predicted octanol–water partition coefficient (Wildman–Crippen LogP) is 1.66. The zero-order chi connectivity index (χ0) is 17.8. The molecule has 0 spiro atoms. The van der Waals surface area contributed by atoms with E-state index in [1.807, 2.05) is 53.3 Å². The van der Waals surface area contributed by atoms with Gasteiger partial charge >= 0.3 is 6.03 Å². The standard InChI is InChI=1S/C18H22N6O/c1-4-22(5-2)18(25)23-11-12-24-16(20-21-17(24)13-23)10-9-15-8-6-7-14(3)19-15/h6-8H,4-5,11-13H2,1-3H3. The summed E-state index contributed by atoms with van der Waals surface area (Å²) in [5.41, 5.74) is 1.65. The van der Waals surface area contributed by atoms with Crippen LogP contribution >= 0.6 is 0 Å². The molecular weight excluding hydrogens is 316 g/mol. The van der Waals surface area contributed by atoms with Gasteiger partial charge in [-0.05, 0) is 44.7 Å². The fourth-order valence-corrected chi connectivity index (χ4v) is 2.84. The van der Waals surface area contributed by atoms with Crippen molar-refractivity contribution >= 4 is 6.03 Å². The smallest absolute Gasteiger partial charge is 0.320 e. The minimum Gasteiger partial charge on any atom is -0.325 e. The van der Waals surface area contributed by atoms with Crippen molar-refractivity contribution in [2.24, 2.45) is 0 Å². The maximum atomic E-state index is 12.5. The first-order valence-electron chi connectivity index (χ1n) is 8.54. The van der Waals surface area contributed by atoms with E-state index in [1.165, 1.54) is 0 Å². The number of aryl methyl sites for hydroxylation is 1. The summed E-state index contributed by atoms with van der Waals surface area (Å²) in [6, 6.07) is 5.79. The SMILES string of the molecule is CCN(CC)C(=O)N1CCn2c(C#Cc3cccc(C)n3)nnc2C1. The van der Waals surface area contributed by atoms with Crippen LogP contribution in [0.2, 0.25) is 0 Å². The molecule has 2 amide bonds. The summed E-state index contributed by atoms with van der Waals surface area (Å²) in [4.78, 5) is 20.5. The van der Waals surface area contributed by atoms with Crippen LogP contribution in [0.5, 0.6) is 0 Å². The van der Waals surface area contributed by atoms with Crippen LogP contribution in [0.1, 0.15) is 36.9 Å². The number of urea groups is 1. The minimum absolute atomic E-state index is 0.0517. The van der Waals surface area contributed by atoms with Gasteiger partial charge in [-0.1, -0.05) is 6.07 Å². The van der Waals surface area contributed by atoms with Crippen LogP contribution < -0.4 is 0 Å². The molecule has 3 rings (SSSR count). The van der Waals surface area contributed by atoms with E-state index in [4.69, 9.17) is 0 Å². The lowest BCUT2D eigenvalue weighted by atomic mass is 10.3. The van der Waals surface area contributed by atoms with E-state index in [2.05, 4.69) is 27.0 Å². The number of rotatable bonds is 2. The summed E-state index contributed by atoms with van der Waals surface area (Å²) in [6.45, 7) is 9.08. The number of hydrogen-bond donors (Lipinski definition) is 0. The molecule has 0 radical (unpaired) electrons. The minimum atomic E-state index is 0.0517. The molecule has 0 saturated carbocycles. The lowest BCUT2D eigenvalue weighted by Gasteiger charge is -2.32. The third-order valence-corrected chi connectivity index (χ3v) is 4.25. The molecule has 0 saturated heterocycles. The van der Waals surface area contributed by atoms with Crippen molar-refractivity contribution in [2.45, 2.75) is 33.9 Å². The average Bonchev–Trinajstić information content (AvgIpc) is 3.03. The van der Waals surface area contributed by atoms with E-state index in [0.29, 0.717) is 44.2 Å². The molecule has 7 nitrogen and oxygen atoms in total.